The molecule has 0 aliphatic heterocycles. The standard InChI is InChI=1S/C12H8F2I2N2O2S/c13-7-1-9(15)5-11(3-7)17-18-21(19,20)12-4-8(14)2-10(16)6-12/h1-6,17-18H. The lowest BCUT2D eigenvalue weighted by Gasteiger charge is -2.10. The molecule has 0 radical (unpaired) electrons. The Labute approximate surface area is 147 Å². The SMILES string of the molecule is O=S(=O)(NNc1cc(F)cc(I)c1)c1cc(F)cc(I)c1. The third kappa shape index (κ3) is 4.72. The van der Waals surface area contributed by atoms with Crippen LogP contribution in [0, 0.1) is 18.8 Å². The molecular weight excluding hydrogens is 528 g/mol. The van der Waals surface area contributed by atoms with Crippen molar-refractivity contribution in [3.8, 4) is 0 Å². The fourth-order valence-corrected chi connectivity index (χ4v) is 3.89. The molecule has 0 atom stereocenters. The number of nitrogens with one attached hydrogen (secondary N) is 2. The van der Waals surface area contributed by atoms with Gasteiger partial charge in [0.2, 0.25) is 0 Å². The van der Waals surface area contributed by atoms with Crippen LogP contribution in [0.2, 0.25) is 0 Å². The van der Waals surface area contributed by atoms with E-state index in [1.807, 2.05) is 45.2 Å². The molecule has 0 saturated heterocycles. The minimum Gasteiger partial charge on any atom is -0.308 e. The van der Waals surface area contributed by atoms with Gasteiger partial charge < -0.3 is 5.43 Å². The van der Waals surface area contributed by atoms with Crippen molar-refractivity contribution in [2.75, 3.05) is 5.43 Å². The van der Waals surface area contributed by atoms with Crippen LogP contribution in [-0.2, 0) is 10.0 Å². The molecule has 4 nitrogen and oxygen atoms in total. The summed E-state index contributed by atoms with van der Waals surface area (Å²) < 4.78 is 51.6. The Hall–Kier alpha value is -0.530. The highest BCUT2D eigenvalue weighted by atomic mass is 127. The fraction of sp³-hybridized carbons (Fsp3) is 0. The molecule has 0 fully saturated rings. The van der Waals surface area contributed by atoms with Gasteiger partial charge in [-0.25, -0.2) is 17.2 Å². The largest absolute Gasteiger partial charge is 0.308 e. The number of hydrogen-bond acceptors (Lipinski definition) is 3. The maximum absolute atomic E-state index is 13.3. The van der Waals surface area contributed by atoms with Crippen molar-refractivity contribution in [1.29, 1.82) is 0 Å². The summed E-state index contributed by atoms with van der Waals surface area (Å²) in [4.78, 5) is 1.87. The van der Waals surface area contributed by atoms with Gasteiger partial charge >= 0.3 is 0 Å². The highest BCUT2D eigenvalue weighted by Crippen LogP contribution is 2.18. The van der Waals surface area contributed by atoms with Crippen molar-refractivity contribution in [2.24, 2.45) is 0 Å². The zero-order chi connectivity index (χ0) is 15.6. The van der Waals surface area contributed by atoms with E-state index in [4.69, 9.17) is 0 Å². The second-order valence-electron chi connectivity index (χ2n) is 3.99. The first-order valence-electron chi connectivity index (χ1n) is 5.46. The van der Waals surface area contributed by atoms with Crippen molar-refractivity contribution in [3.63, 3.8) is 0 Å². The van der Waals surface area contributed by atoms with Crippen molar-refractivity contribution >= 4 is 60.9 Å². The smallest absolute Gasteiger partial charge is 0.257 e. The predicted molar refractivity (Wildman–Crippen MR) is 92.2 cm³/mol. The molecule has 0 saturated carbocycles. The van der Waals surface area contributed by atoms with Gasteiger partial charge in [-0.15, -0.1) is 4.83 Å². The van der Waals surface area contributed by atoms with Crippen LogP contribution in [0.15, 0.2) is 41.3 Å². The molecule has 112 valence electrons. The lowest BCUT2D eigenvalue weighted by molar-refractivity contribution is 0.582. The molecule has 2 aromatic rings. The fourth-order valence-electron chi connectivity index (χ4n) is 1.49. The number of anilines is 1. The summed E-state index contributed by atoms with van der Waals surface area (Å²) in [5.41, 5.74) is 2.64. The highest BCUT2D eigenvalue weighted by molar-refractivity contribution is 14.1. The van der Waals surface area contributed by atoms with Crippen LogP contribution in [-0.4, -0.2) is 8.42 Å². The number of hydrogen-bond donors (Lipinski definition) is 2. The zero-order valence-electron chi connectivity index (χ0n) is 10.2. The molecule has 2 rings (SSSR count). The van der Waals surface area contributed by atoms with E-state index >= 15 is 0 Å². The molecule has 2 N–H and O–H groups in total. The third-order valence-electron chi connectivity index (χ3n) is 2.34. The Kier molecular flexibility index (Phi) is 5.38. The van der Waals surface area contributed by atoms with Gasteiger partial charge in [0.15, 0.2) is 0 Å². The van der Waals surface area contributed by atoms with Gasteiger partial charge in [0.25, 0.3) is 10.0 Å². The zero-order valence-corrected chi connectivity index (χ0v) is 15.3. The molecule has 0 aromatic heterocycles. The number of sulfonamides is 1. The van der Waals surface area contributed by atoms with Crippen LogP contribution >= 0.6 is 45.2 Å². The van der Waals surface area contributed by atoms with Crippen LogP contribution in [0.5, 0.6) is 0 Å². The first kappa shape index (κ1) is 16.8. The van der Waals surface area contributed by atoms with E-state index in [9.17, 15) is 17.2 Å². The summed E-state index contributed by atoms with van der Waals surface area (Å²) >= 11 is 3.72. The number of benzene rings is 2. The minimum atomic E-state index is -3.96. The number of halogens is 4. The lowest BCUT2D eigenvalue weighted by atomic mass is 10.3. The van der Waals surface area contributed by atoms with Gasteiger partial charge in [-0.1, -0.05) is 0 Å². The monoisotopic (exact) mass is 536 g/mol. The van der Waals surface area contributed by atoms with Gasteiger partial charge in [-0.05, 0) is 81.6 Å². The van der Waals surface area contributed by atoms with Gasteiger partial charge in [0.1, 0.15) is 11.6 Å². The topological polar surface area (TPSA) is 58.2 Å². The first-order chi connectivity index (χ1) is 9.76. The molecule has 0 unspecified atom stereocenters. The normalized spacial score (nSPS) is 11.4. The average molecular weight is 536 g/mol. The van der Waals surface area contributed by atoms with Crippen molar-refractivity contribution in [1.82, 2.24) is 4.83 Å². The number of hydrazine groups is 1. The Bertz CT molecular complexity index is 744. The van der Waals surface area contributed by atoms with Crippen molar-refractivity contribution in [2.45, 2.75) is 4.90 Å². The Morgan fingerprint density at radius 1 is 0.857 bits per heavy atom. The molecule has 0 aliphatic rings. The first-order valence-corrected chi connectivity index (χ1v) is 9.10. The van der Waals surface area contributed by atoms with Crippen molar-refractivity contribution < 1.29 is 17.2 Å². The van der Waals surface area contributed by atoms with Gasteiger partial charge in [-0.2, -0.15) is 0 Å². The van der Waals surface area contributed by atoms with E-state index in [0.29, 0.717) is 7.14 Å². The molecule has 21 heavy (non-hydrogen) atoms. The summed E-state index contributed by atoms with van der Waals surface area (Å²) in [7, 11) is -3.96. The molecule has 0 spiro atoms. The van der Waals surface area contributed by atoms with Crippen LogP contribution in [0.1, 0.15) is 0 Å². The molecule has 9 heteroatoms. The molecule has 0 bridgehead atoms. The van der Waals surface area contributed by atoms with Crippen LogP contribution in [0.4, 0.5) is 14.5 Å². The Morgan fingerprint density at radius 2 is 1.43 bits per heavy atom. The molecular formula is C12H8F2I2N2O2S. The predicted octanol–water partition coefficient (Wildman–Crippen LogP) is 3.48. The molecule has 0 amide bonds. The van der Waals surface area contributed by atoms with E-state index in [2.05, 4.69) is 10.3 Å². The maximum atomic E-state index is 13.3. The van der Waals surface area contributed by atoms with Crippen LogP contribution in [0.3, 0.4) is 0 Å². The third-order valence-corrected chi connectivity index (χ3v) is 4.81. The molecule has 0 heterocycles. The molecule has 2 aromatic carbocycles. The molecule has 0 aliphatic carbocycles. The number of rotatable bonds is 4. The van der Waals surface area contributed by atoms with Gasteiger partial charge in [0, 0.05) is 7.14 Å². The van der Waals surface area contributed by atoms with Crippen molar-refractivity contribution in [3.05, 3.63) is 55.2 Å². The summed E-state index contributed by atoms with van der Waals surface area (Å²) in [5.74, 6) is -1.15. The summed E-state index contributed by atoms with van der Waals surface area (Å²) in [6.45, 7) is 0. The quantitative estimate of drug-likeness (QED) is 0.465. The minimum absolute atomic E-state index is 0.217. The second kappa shape index (κ2) is 6.71. The lowest BCUT2D eigenvalue weighted by Crippen LogP contribution is -2.29. The average Bonchev–Trinajstić information content (AvgIpc) is 2.34. The van der Waals surface area contributed by atoms with Crippen LogP contribution < -0.4 is 10.3 Å². The second-order valence-corrected chi connectivity index (χ2v) is 8.17. The van der Waals surface area contributed by atoms with Gasteiger partial charge in [-0.3, -0.25) is 0 Å². The highest BCUT2D eigenvalue weighted by Gasteiger charge is 2.15. The summed E-state index contributed by atoms with van der Waals surface area (Å²) in [6.07, 6.45) is 0. The van der Waals surface area contributed by atoms with E-state index in [1.54, 1.807) is 6.07 Å². The summed E-state index contributed by atoms with van der Waals surface area (Å²) in [6, 6.07) is 7.43. The van der Waals surface area contributed by atoms with Crippen LogP contribution in [0.25, 0.3) is 0 Å². The van der Waals surface area contributed by atoms with E-state index in [-0.39, 0.29) is 10.6 Å². The van der Waals surface area contributed by atoms with Gasteiger partial charge in [0.05, 0.1) is 10.6 Å². The van der Waals surface area contributed by atoms with E-state index < -0.39 is 21.7 Å². The van der Waals surface area contributed by atoms with E-state index in [0.717, 1.165) is 12.1 Å². The Morgan fingerprint density at radius 3 is 2.00 bits per heavy atom. The Balaban J connectivity index is 2.21. The summed E-state index contributed by atoms with van der Waals surface area (Å²) in [5, 5.41) is 0. The maximum Gasteiger partial charge on any atom is 0.257 e. The van der Waals surface area contributed by atoms with E-state index in [1.165, 1.54) is 18.2 Å².